The number of hydrogen-bond acceptors (Lipinski definition) is 4. The maximum Gasteiger partial charge on any atom is 0.328 e. The predicted octanol–water partition coefficient (Wildman–Crippen LogP) is 3.32. The van der Waals surface area contributed by atoms with E-state index in [0.29, 0.717) is 0 Å². The smallest absolute Gasteiger partial charge is 0.328 e. The number of anilines is 1. The second-order valence-electron chi connectivity index (χ2n) is 5.35. The van der Waals surface area contributed by atoms with Gasteiger partial charge in [-0.3, -0.25) is 0 Å². The number of fused-ring (bicyclic) bond motifs is 1. The Morgan fingerprint density at radius 1 is 1.38 bits per heavy atom. The van der Waals surface area contributed by atoms with Crippen molar-refractivity contribution in [3.8, 4) is 11.1 Å². The van der Waals surface area contributed by atoms with Crippen molar-refractivity contribution in [2.45, 2.75) is 13.3 Å². The molecule has 0 saturated carbocycles. The molecule has 0 aliphatic heterocycles. The molecule has 0 aliphatic rings. The van der Waals surface area contributed by atoms with Gasteiger partial charge in [0, 0.05) is 24.4 Å². The Morgan fingerprint density at radius 2 is 2.25 bits per heavy atom. The first-order valence-corrected chi connectivity index (χ1v) is 7.77. The van der Waals surface area contributed by atoms with Gasteiger partial charge < -0.3 is 10.4 Å². The lowest BCUT2D eigenvalue weighted by Gasteiger charge is -2.07. The van der Waals surface area contributed by atoms with Crippen molar-refractivity contribution in [3.63, 3.8) is 0 Å². The summed E-state index contributed by atoms with van der Waals surface area (Å²) < 4.78 is 1.78. The Bertz CT molecular complexity index is 899. The minimum absolute atomic E-state index is 0.760. The van der Waals surface area contributed by atoms with Crippen LogP contribution in [0.25, 0.3) is 22.9 Å². The molecular weight excluding hydrogens is 304 g/mol. The predicted molar refractivity (Wildman–Crippen MR) is 93.9 cm³/mol. The Morgan fingerprint density at radius 3 is 3.04 bits per heavy atom. The van der Waals surface area contributed by atoms with E-state index in [1.54, 1.807) is 23.0 Å². The fourth-order valence-corrected chi connectivity index (χ4v) is 2.46. The van der Waals surface area contributed by atoms with Crippen LogP contribution in [0.1, 0.15) is 18.9 Å². The molecular formula is C18H18N4O2. The van der Waals surface area contributed by atoms with Gasteiger partial charge in [-0.15, -0.1) is 0 Å². The molecule has 0 unspecified atom stereocenters. The topological polar surface area (TPSA) is 79.5 Å². The minimum Gasteiger partial charge on any atom is -0.478 e. The molecule has 2 N–H and O–H groups in total. The third-order valence-electron chi connectivity index (χ3n) is 3.57. The van der Waals surface area contributed by atoms with Crippen molar-refractivity contribution < 1.29 is 9.90 Å². The monoisotopic (exact) mass is 322 g/mol. The zero-order valence-corrected chi connectivity index (χ0v) is 13.3. The molecule has 2 heterocycles. The molecule has 3 rings (SSSR count). The summed E-state index contributed by atoms with van der Waals surface area (Å²) in [6.07, 6.45) is 7.25. The normalized spacial score (nSPS) is 11.2. The van der Waals surface area contributed by atoms with E-state index in [1.807, 2.05) is 30.3 Å². The van der Waals surface area contributed by atoms with Crippen molar-refractivity contribution in [2.24, 2.45) is 0 Å². The summed E-state index contributed by atoms with van der Waals surface area (Å²) in [5.74, 6) is -0.0697. The van der Waals surface area contributed by atoms with Gasteiger partial charge in [-0.2, -0.15) is 9.61 Å². The molecule has 0 atom stereocenters. The fraction of sp³-hybridized carbons (Fsp3) is 0.167. The molecule has 0 spiro atoms. The first kappa shape index (κ1) is 15.7. The minimum atomic E-state index is -0.968. The summed E-state index contributed by atoms with van der Waals surface area (Å²) in [5.41, 5.74) is 3.42. The highest BCUT2D eigenvalue weighted by atomic mass is 16.4. The molecule has 0 radical (unpaired) electrons. The fourth-order valence-electron chi connectivity index (χ4n) is 2.46. The summed E-state index contributed by atoms with van der Waals surface area (Å²) in [4.78, 5) is 15.1. The largest absolute Gasteiger partial charge is 0.478 e. The van der Waals surface area contributed by atoms with Gasteiger partial charge in [0.25, 0.3) is 0 Å². The van der Waals surface area contributed by atoms with Gasteiger partial charge in [0.05, 0.1) is 6.20 Å². The van der Waals surface area contributed by atoms with Crippen molar-refractivity contribution in [3.05, 3.63) is 54.4 Å². The van der Waals surface area contributed by atoms with Crippen LogP contribution < -0.4 is 5.32 Å². The number of benzene rings is 1. The molecule has 2 aromatic heterocycles. The van der Waals surface area contributed by atoms with E-state index in [0.717, 1.165) is 47.2 Å². The van der Waals surface area contributed by atoms with E-state index >= 15 is 0 Å². The molecule has 0 aliphatic carbocycles. The first-order valence-electron chi connectivity index (χ1n) is 7.77. The van der Waals surface area contributed by atoms with Gasteiger partial charge in [-0.05, 0) is 35.8 Å². The summed E-state index contributed by atoms with van der Waals surface area (Å²) in [6, 6.07) is 9.52. The lowest BCUT2D eigenvalue weighted by Crippen LogP contribution is -2.06. The number of nitrogens with zero attached hydrogens (tertiary/aromatic N) is 3. The maximum atomic E-state index is 10.7. The van der Waals surface area contributed by atoms with Crippen molar-refractivity contribution in [1.82, 2.24) is 14.6 Å². The third-order valence-corrected chi connectivity index (χ3v) is 3.57. The van der Waals surface area contributed by atoms with Crippen LogP contribution in [0.2, 0.25) is 0 Å². The van der Waals surface area contributed by atoms with Crippen LogP contribution in [0.15, 0.2) is 48.8 Å². The van der Waals surface area contributed by atoms with E-state index in [1.165, 1.54) is 0 Å². The van der Waals surface area contributed by atoms with Crippen LogP contribution in [0.5, 0.6) is 0 Å². The number of nitrogens with one attached hydrogen (secondary N) is 1. The Balaban J connectivity index is 2.01. The van der Waals surface area contributed by atoms with E-state index < -0.39 is 5.97 Å². The van der Waals surface area contributed by atoms with Crippen molar-refractivity contribution in [1.29, 1.82) is 0 Å². The van der Waals surface area contributed by atoms with Crippen molar-refractivity contribution >= 4 is 23.5 Å². The van der Waals surface area contributed by atoms with E-state index in [4.69, 9.17) is 5.11 Å². The molecule has 0 amide bonds. The van der Waals surface area contributed by atoms with Crippen molar-refractivity contribution in [2.75, 3.05) is 11.9 Å². The van der Waals surface area contributed by atoms with E-state index in [2.05, 4.69) is 22.3 Å². The van der Waals surface area contributed by atoms with Crippen LogP contribution in [0.4, 0.5) is 5.82 Å². The molecule has 3 aromatic rings. The van der Waals surface area contributed by atoms with Crippen LogP contribution in [0, 0.1) is 0 Å². The number of aromatic nitrogens is 3. The van der Waals surface area contributed by atoms with E-state index in [9.17, 15) is 4.79 Å². The number of carboxylic acids is 1. The number of aliphatic carboxylic acids is 1. The number of carbonyl (C=O) groups is 1. The molecule has 6 nitrogen and oxygen atoms in total. The second kappa shape index (κ2) is 6.95. The zero-order valence-electron chi connectivity index (χ0n) is 13.3. The quantitative estimate of drug-likeness (QED) is 0.681. The highest BCUT2D eigenvalue weighted by Gasteiger charge is 2.10. The standard InChI is InChI=1S/C18H18N4O2/c1-2-9-19-16-8-10-20-18-15(12-21-22(16)18)14-5-3-4-13(11-14)6-7-17(23)24/h3-8,10-12,19H,2,9H2,1H3,(H,23,24)/b7-6+. The summed E-state index contributed by atoms with van der Waals surface area (Å²) in [6.45, 7) is 2.97. The molecule has 24 heavy (non-hydrogen) atoms. The molecule has 0 saturated heterocycles. The third kappa shape index (κ3) is 3.27. The Labute approximate surface area is 139 Å². The average Bonchev–Trinajstić information content (AvgIpc) is 3.03. The average molecular weight is 322 g/mol. The van der Waals surface area contributed by atoms with E-state index in [-0.39, 0.29) is 0 Å². The highest BCUT2D eigenvalue weighted by Crippen LogP contribution is 2.26. The van der Waals surface area contributed by atoms with Crippen LogP contribution >= 0.6 is 0 Å². The molecule has 1 aromatic carbocycles. The van der Waals surface area contributed by atoms with Gasteiger partial charge in [0.2, 0.25) is 0 Å². The second-order valence-corrected chi connectivity index (χ2v) is 5.35. The Kier molecular flexibility index (Phi) is 4.56. The molecule has 122 valence electrons. The van der Waals surface area contributed by atoms with Crippen LogP contribution in [-0.4, -0.2) is 32.2 Å². The SMILES string of the molecule is CCCNc1ccnc2c(-c3cccc(/C=C/C(=O)O)c3)cnn12. The van der Waals surface area contributed by atoms with Gasteiger partial charge in [-0.25, -0.2) is 9.78 Å². The summed E-state index contributed by atoms with van der Waals surface area (Å²) in [7, 11) is 0. The number of carboxylic acid groups (broad SMARTS) is 1. The van der Waals surface area contributed by atoms with Gasteiger partial charge in [0.1, 0.15) is 5.82 Å². The molecule has 0 fully saturated rings. The summed E-state index contributed by atoms with van der Waals surface area (Å²) in [5, 5.41) is 16.5. The number of rotatable bonds is 6. The Hall–Kier alpha value is -3.15. The first-order chi connectivity index (χ1) is 11.7. The molecule has 0 bridgehead atoms. The van der Waals surface area contributed by atoms with Crippen LogP contribution in [-0.2, 0) is 4.79 Å². The molecule has 6 heteroatoms. The zero-order chi connectivity index (χ0) is 16.9. The lowest BCUT2D eigenvalue weighted by atomic mass is 10.1. The van der Waals surface area contributed by atoms with Gasteiger partial charge in [0.15, 0.2) is 5.65 Å². The lowest BCUT2D eigenvalue weighted by molar-refractivity contribution is -0.131. The summed E-state index contributed by atoms with van der Waals surface area (Å²) >= 11 is 0. The highest BCUT2D eigenvalue weighted by molar-refractivity contribution is 5.86. The number of hydrogen-bond donors (Lipinski definition) is 2. The van der Waals surface area contributed by atoms with Crippen LogP contribution in [0.3, 0.4) is 0 Å². The maximum absolute atomic E-state index is 10.7. The van der Waals surface area contributed by atoms with Gasteiger partial charge >= 0.3 is 5.97 Å². The van der Waals surface area contributed by atoms with Gasteiger partial charge in [-0.1, -0.05) is 25.1 Å².